The molecule has 37 heavy (non-hydrogen) atoms. The Morgan fingerprint density at radius 3 is 1.41 bits per heavy atom. The molecule has 0 saturated carbocycles. The van der Waals surface area contributed by atoms with Crippen LogP contribution >= 0.6 is 0 Å². The highest BCUT2D eigenvalue weighted by Crippen LogP contribution is 2.33. The van der Waals surface area contributed by atoms with Gasteiger partial charge in [-0.15, -0.1) is 0 Å². The van der Waals surface area contributed by atoms with E-state index in [1.807, 2.05) is 21.7 Å². The Kier molecular flexibility index (Phi) is 13.6. The van der Waals surface area contributed by atoms with Gasteiger partial charge in [0.2, 0.25) is 11.6 Å². The van der Waals surface area contributed by atoms with Crippen LogP contribution in [-0.4, -0.2) is 79.1 Å². The minimum atomic E-state index is 0.00546. The molecule has 6 nitrogen and oxygen atoms in total. The number of unbranched alkanes of at least 4 members (excludes halogenated alkanes) is 15. The molecule has 0 aromatic carbocycles. The molecule has 3 fully saturated rings. The molecule has 3 heterocycles. The Bertz CT molecular complexity index is 745. The first kappa shape index (κ1) is 29.7. The summed E-state index contributed by atoms with van der Waals surface area (Å²) in [7, 11) is 2.05. The van der Waals surface area contributed by atoms with Gasteiger partial charge in [-0.3, -0.25) is 9.59 Å². The van der Waals surface area contributed by atoms with Crippen LogP contribution in [0.5, 0.6) is 0 Å². The molecule has 0 radical (unpaired) electrons. The Morgan fingerprint density at radius 2 is 1.00 bits per heavy atom. The van der Waals surface area contributed by atoms with Crippen LogP contribution in [0.25, 0.3) is 0 Å². The quantitative estimate of drug-likeness (QED) is 0.129. The van der Waals surface area contributed by atoms with E-state index in [0.29, 0.717) is 17.1 Å². The van der Waals surface area contributed by atoms with E-state index in [0.717, 1.165) is 39.3 Å². The van der Waals surface area contributed by atoms with Crippen molar-refractivity contribution < 1.29 is 9.59 Å². The highest BCUT2D eigenvalue weighted by Gasteiger charge is 2.43. The molecule has 0 aromatic heterocycles. The second kappa shape index (κ2) is 16.9. The first-order chi connectivity index (χ1) is 18.2. The van der Waals surface area contributed by atoms with Crippen molar-refractivity contribution in [1.82, 2.24) is 20.0 Å². The fourth-order valence-electron chi connectivity index (χ4n) is 5.13. The van der Waals surface area contributed by atoms with Crippen molar-refractivity contribution >= 4 is 11.6 Å². The third kappa shape index (κ3) is 11.2. The highest BCUT2D eigenvalue weighted by molar-refractivity contribution is 6.22. The zero-order valence-corrected chi connectivity index (χ0v) is 24.0. The first-order valence-electron chi connectivity index (χ1n) is 15.6. The number of allylic oxidation sites excluding steroid dienone is 1. The van der Waals surface area contributed by atoms with Crippen molar-refractivity contribution in [2.75, 3.05) is 52.9 Å². The molecule has 4 rings (SSSR count). The Morgan fingerprint density at radius 1 is 0.595 bits per heavy atom. The lowest BCUT2D eigenvalue weighted by Crippen LogP contribution is -2.29. The molecular weight excluding hydrogens is 460 g/mol. The topological polar surface area (TPSA) is 55.2 Å². The molecule has 3 saturated heterocycles. The van der Waals surface area contributed by atoms with Crippen molar-refractivity contribution in [1.29, 1.82) is 0 Å². The smallest absolute Gasteiger partial charge is 0.227 e. The number of hydrogen-bond acceptors (Lipinski definition) is 6. The molecular formula is C31H54N4O2. The predicted octanol–water partition coefficient (Wildman–Crippen LogP) is 5.65. The summed E-state index contributed by atoms with van der Waals surface area (Å²) >= 11 is 0. The third-order valence-electron chi connectivity index (χ3n) is 7.77. The molecule has 0 unspecified atom stereocenters. The molecule has 1 N–H and O–H groups in total. The van der Waals surface area contributed by atoms with E-state index in [1.54, 1.807) is 0 Å². The largest absolute Gasteiger partial charge is 0.365 e. The SMILES string of the molecule is CCCCCCCCCCCCCCCCCCNC.O=C1C=C(N2CC2)C(=O)C(N2CC2)=C1N1CC1. The van der Waals surface area contributed by atoms with Crippen molar-refractivity contribution in [3.8, 4) is 0 Å². The van der Waals surface area contributed by atoms with Crippen molar-refractivity contribution in [2.24, 2.45) is 0 Å². The summed E-state index contributed by atoms with van der Waals surface area (Å²) in [5, 5.41) is 3.22. The van der Waals surface area contributed by atoms with Gasteiger partial charge >= 0.3 is 0 Å². The van der Waals surface area contributed by atoms with Crippen LogP contribution in [-0.2, 0) is 9.59 Å². The standard InChI is InChI=1S/C19H41N.C12H13N3O2/c1-3-4-5-6-7-8-9-10-11-12-13-14-15-16-17-18-19-20-2;16-9-7-8(13-1-2-13)12(17)11(15-5-6-15)10(9)14-3-4-14/h20H,3-19H2,1-2H3;7H,1-6H2. The van der Waals surface area contributed by atoms with Gasteiger partial charge in [0.05, 0.1) is 5.70 Å². The fourth-order valence-corrected chi connectivity index (χ4v) is 5.13. The lowest BCUT2D eigenvalue weighted by Gasteiger charge is -2.21. The van der Waals surface area contributed by atoms with E-state index < -0.39 is 0 Å². The molecule has 6 heteroatoms. The van der Waals surface area contributed by atoms with Crippen molar-refractivity contribution in [2.45, 2.75) is 110 Å². The van der Waals surface area contributed by atoms with E-state index in [2.05, 4.69) is 12.2 Å². The number of ketones is 2. The molecule has 0 atom stereocenters. The number of nitrogens with one attached hydrogen (secondary N) is 1. The van der Waals surface area contributed by atoms with E-state index in [-0.39, 0.29) is 11.6 Å². The zero-order chi connectivity index (χ0) is 26.3. The van der Waals surface area contributed by atoms with Crippen molar-refractivity contribution in [3.05, 3.63) is 23.2 Å². The summed E-state index contributed by atoms with van der Waals surface area (Å²) in [6, 6.07) is 0. The number of hydrogen-bond donors (Lipinski definition) is 1. The molecule has 0 bridgehead atoms. The summed E-state index contributed by atoms with van der Waals surface area (Å²) in [5.74, 6) is 0.0485. The second-order valence-electron chi connectivity index (χ2n) is 11.3. The molecule has 210 valence electrons. The maximum absolute atomic E-state index is 12.4. The van der Waals surface area contributed by atoms with Gasteiger partial charge in [-0.2, -0.15) is 0 Å². The van der Waals surface area contributed by atoms with E-state index in [9.17, 15) is 9.59 Å². The Hall–Kier alpha value is -1.82. The average Bonchev–Trinajstić information content (AvgIpc) is 3.74. The number of nitrogens with zero attached hydrogens (tertiary/aromatic N) is 3. The molecule has 0 amide bonds. The number of carbonyl (C=O) groups excluding carboxylic acids is 2. The normalized spacial score (nSPS) is 18.2. The number of carbonyl (C=O) groups is 2. The summed E-state index contributed by atoms with van der Waals surface area (Å²) in [6.07, 6.45) is 24.8. The Labute approximate surface area is 226 Å². The van der Waals surface area contributed by atoms with Crippen LogP contribution in [0.2, 0.25) is 0 Å². The van der Waals surface area contributed by atoms with Crippen LogP contribution in [0.4, 0.5) is 0 Å². The van der Waals surface area contributed by atoms with Gasteiger partial charge in [0.15, 0.2) is 0 Å². The first-order valence-corrected chi connectivity index (χ1v) is 15.6. The monoisotopic (exact) mass is 514 g/mol. The minimum absolute atomic E-state index is 0.00546. The summed E-state index contributed by atoms with van der Waals surface area (Å²) in [4.78, 5) is 30.5. The van der Waals surface area contributed by atoms with Gasteiger partial charge in [0.1, 0.15) is 11.4 Å². The van der Waals surface area contributed by atoms with Crippen LogP contribution in [0.1, 0.15) is 110 Å². The molecule has 4 aliphatic rings. The summed E-state index contributed by atoms with van der Waals surface area (Å²) in [5.41, 5.74) is 1.89. The molecule has 1 aliphatic carbocycles. The van der Waals surface area contributed by atoms with Gasteiger partial charge in [0.25, 0.3) is 0 Å². The van der Waals surface area contributed by atoms with Gasteiger partial charge in [-0.05, 0) is 20.0 Å². The predicted molar refractivity (Wildman–Crippen MR) is 153 cm³/mol. The molecule has 3 aliphatic heterocycles. The van der Waals surface area contributed by atoms with Crippen LogP contribution in [0, 0.1) is 0 Å². The maximum Gasteiger partial charge on any atom is 0.227 e. The molecule has 0 aromatic rings. The lowest BCUT2D eigenvalue weighted by atomic mass is 10.0. The van der Waals surface area contributed by atoms with E-state index in [1.165, 1.54) is 115 Å². The maximum atomic E-state index is 12.4. The van der Waals surface area contributed by atoms with Gasteiger partial charge in [-0.1, -0.05) is 103 Å². The highest BCUT2D eigenvalue weighted by atomic mass is 16.1. The lowest BCUT2D eigenvalue weighted by molar-refractivity contribution is -0.117. The average molecular weight is 515 g/mol. The number of rotatable bonds is 20. The second-order valence-corrected chi connectivity index (χ2v) is 11.3. The third-order valence-corrected chi connectivity index (χ3v) is 7.77. The Balaban J connectivity index is 0.000000206. The van der Waals surface area contributed by atoms with Crippen LogP contribution < -0.4 is 5.32 Å². The van der Waals surface area contributed by atoms with E-state index >= 15 is 0 Å². The molecule has 0 spiro atoms. The summed E-state index contributed by atoms with van der Waals surface area (Å²) < 4.78 is 0. The van der Waals surface area contributed by atoms with E-state index in [4.69, 9.17) is 0 Å². The van der Waals surface area contributed by atoms with Crippen LogP contribution in [0.15, 0.2) is 23.2 Å². The van der Waals surface area contributed by atoms with Gasteiger partial charge in [0, 0.05) is 45.3 Å². The fraction of sp³-hybridized carbons (Fsp3) is 0.806. The van der Waals surface area contributed by atoms with Gasteiger partial charge in [-0.25, -0.2) is 0 Å². The van der Waals surface area contributed by atoms with Gasteiger partial charge < -0.3 is 20.0 Å². The summed E-state index contributed by atoms with van der Waals surface area (Å²) in [6.45, 7) is 8.89. The van der Waals surface area contributed by atoms with Crippen LogP contribution in [0.3, 0.4) is 0 Å². The zero-order valence-electron chi connectivity index (χ0n) is 24.0. The number of Topliss-reactive ketones (excluding diaryl/α,β-unsaturated/α-hetero) is 1. The van der Waals surface area contributed by atoms with Crippen molar-refractivity contribution in [3.63, 3.8) is 0 Å². The minimum Gasteiger partial charge on any atom is -0.365 e.